The smallest absolute Gasteiger partial charge is 0.251 e. The summed E-state index contributed by atoms with van der Waals surface area (Å²) in [6.45, 7) is 5.70. The quantitative estimate of drug-likeness (QED) is 0.279. The average Bonchev–Trinajstić information content (AvgIpc) is 3.22. The fourth-order valence-corrected chi connectivity index (χ4v) is 4.56. The number of para-hydroxylation sites is 2. The minimum absolute atomic E-state index is 0.0830. The summed E-state index contributed by atoms with van der Waals surface area (Å²) in [4.78, 5) is 17.6. The van der Waals surface area contributed by atoms with Crippen molar-refractivity contribution >= 4 is 27.7 Å². The molecule has 0 radical (unpaired) electrons. The number of aromatic nitrogens is 2. The van der Waals surface area contributed by atoms with Crippen molar-refractivity contribution in [1.29, 1.82) is 0 Å². The Kier molecular flexibility index (Phi) is 6.49. The number of carbonyl (C=O) groups is 1. The summed E-state index contributed by atoms with van der Waals surface area (Å²) >= 11 is 0. The van der Waals surface area contributed by atoms with Crippen LogP contribution in [-0.4, -0.2) is 22.1 Å². The highest BCUT2D eigenvalue weighted by atomic mass is 16.5. The van der Waals surface area contributed by atoms with E-state index in [-0.39, 0.29) is 5.91 Å². The van der Waals surface area contributed by atoms with Gasteiger partial charge in [-0.15, -0.1) is 0 Å². The maximum absolute atomic E-state index is 12.8. The molecule has 1 amide bonds. The van der Waals surface area contributed by atoms with E-state index in [1.807, 2.05) is 74.5 Å². The zero-order chi connectivity index (χ0) is 24.2. The Morgan fingerprint density at radius 3 is 2.63 bits per heavy atom. The monoisotopic (exact) mass is 463 g/mol. The van der Waals surface area contributed by atoms with Crippen LogP contribution in [0.2, 0.25) is 0 Å². The molecule has 0 bridgehead atoms. The lowest BCUT2D eigenvalue weighted by Gasteiger charge is -2.13. The number of imidazole rings is 1. The zero-order valence-electron chi connectivity index (χ0n) is 20.1. The van der Waals surface area contributed by atoms with Gasteiger partial charge in [0.1, 0.15) is 11.6 Å². The molecule has 0 aliphatic carbocycles. The minimum Gasteiger partial charge on any atom is -0.493 e. The molecule has 0 aliphatic heterocycles. The summed E-state index contributed by atoms with van der Waals surface area (Å²) in [5, 5.41) is 5.36. The van der Waals surface area contributed by atoms with Crippen molar-refractivity contribution in [1.82, 2.24) is 14.9 Å². The number of nitrogens with zero attached hydrogens (tertiary/aromatic N) is 2. The maximum atomic E-state index is 12.8. The highest BCUT2D eigenvalue weighted by Crippen LogP contribution is 2.25. The third-order valence-corrected chi connectivity index (χ3v) is 6.30. The van der Waals surface area contributed by atoms with Crippen LogP contribution in [0, 0.1) is 13.8 Å². The van der Waals surface area contributed by atoms with Crippen LogP contribution < -0.4 is 10.1 Å². The van der Waals surface area contributed by atoms with Crippen molar-refractivity contribution in [3.8, 4) is 5.75 Å². The lowest BCUT2D eigenvalue weighted by atomic mass is 10.1. The first-order valence-corrected chi connectivity index (χ1v) is 12.0. The number of amides is 1. The van der Waals surface area contributed by atoms with E-state index in [0.717, 1.165) is 52.1 Å². The molecule has 0 atom stereocenters. The minimum atomic E-state index is -0.0830. The van der Waals surface area contributed by atoms with Gasteiger partial charge in [0.15, 0.2) is 0 Å². The van der Waals surface area contributed by atoms with E-state index >= 15 is 0 Å². The molecule has 1 heterocycles. The normalized spacial score (nSPS) is 11.1. The zero-order valence-corrected chi connectivity index (χ0v) is 20.1. The van der Waals surface area contributed by atoms with Gasteiger partial charge in [0.05, 0.1) is 24.2 Å². The number of fused-ring (bicyclic) bond motifs is 2. The predicted octanol–water partition coefficient (Wildman–Crippen LogP) is 6.21. The van der Waals surface area contributed by atoms with Gasteiger partial charge in [0.2, 0.25) is 0 Å². The summed E-state index contributed by atoms with van der Waals surface area (Å²) in [5.74, 6) is 1.66. The molecule has 4 aromatic carbocycles. The highest BCUT2D eigenvalue weighted by molar-refractivity contribution is 5.95. The van der Waals surface area contributed by atoms with Gasteiger partial charge in [0, 0.05) is 17.5 Å². The fourth-order valence-electron chi connectivity index (χ4n) is 4.56. The fraction of sp³-hybridized carbons (Fsp3) is 0.200. The van der Waals surface area contributed by atoms with Crippen LogP contribution in [0.4, 0.5) is 0 Å². The Morgan fingerprint density at radius 1 is 0.943 bits per heavy atom. The van der Waals surface area contributed by atoms with Crippen LogP contribution in [0.25, 0.3) is 21.8 Å². The van der Waals surface area contributed by atoms with E-state index in [1.54, 1.807) is 0 Å². The lowest BCUT2D eigenvalue weighted by molar-refractivity contribution is 0.0949. The molecule has 5 aromatic rings. The number of nitrogens with one attached hydrogen (secondary N) is 1. The van der Waals surface area contributed by atoms with Gasteiger partial charge in [-0.2, -0.15) is 0 Å². The molecule has 5 nitrogen and oxygen atoms in total. The third kappa shape index (κ3) is 4.90. The number of rotatable bonds is 8. The molecular weight excluding hydrogens is 434 g/mol. The average molecular weight is 464 g/mol. The molecule has 35 heavy (non-hydrogen) atoms. The maximum Gasteiger partial charge on any atom is 0.251 e. The Hall–Kier alpha value is -4.12. The standard InChI is InChI=1S/C30H29N3O2/c1-21-15-16-24(22(2)19-21)30(34)31-20-29-32-26-12-5-6-13-27(26)33(29)17-8-18-35-28-14-7-10-23-9-3-4-11-25(23)28/h3-7,9-16,19H,8,17-18,20H2,1-2H3,(H,31,34). The van der Waals surface area contributed by atoms with Crippen molar-refractivity contribution in [3.05, 3.63) is 107 Å². The van der Waals surface area contributed by atoms with Crippen molar-refractivity contribution < 1.29 is 9.53 Å². The van der Waals surface area contributed by atoms with Gasteiger partial charge < -0.3 is 14.6 Å². The van der Waals surface area contributed by atoms with Gasteiger partial charge in [-0.25, -0.2) is 4.98 Å². The third-order valence-electron chi connectivity index (χ3n) is 6.30. The van der Waals surface area contributed by atoms with Gasteiger partial charge in [0.25, 0.3) is 5.91 Å². The molecular formula is C30H29N3O2. The van der Waals surface area contributed by atoms with E-state index in [2.05, 4.69) is 34.1 Å². The SMILES string of the molecule is Cc1ccc(C(=O)NCc2nc3ccccc3n2CCCOc2cccc3ccccc23)c(C)c1. The number of hydrogen-bond donors (Lipinski definition) is 1. The topological polar surface area (TPSA) is 56.2 Å². The first-order chi connectivity index (χ1) is 17.1. The first-order valence-electron chi connectivity index (χ1n) is 12.0. The number of benzene rings is 4. The van der Waals surface area contributed by atoms with E-state index in [9.17, 15) is 4.79 Å². The highest BCUT2D eigenvalue weighted by Gasteiger charge is 2.14. The summed E-state index contributed by atoms with van der Waals surface area (Å²) in [5.41, 5.74) is 4.81. The summed E-state index contributed by atoms with van der Waals surface area (Å²) in [6, 6.07) is 28.4. The van der Waals surface area contributed by atoms with Crippen LogP contribution in [0.3, 0.4) is 0 Å². The van der Waals surface area contributed by atoms with Crippen LogP contribution >= 0.6 is 0 Å². The summed E-state index contributed by atoms with van der Waals surface area (Å²) in [6.07, 6.45) is 0.821. The molecule has 0 fully saturated rings. The molecule has 0 aliphatic rings. The lowest BCUT2D eigenvalue weighted by Crippen LogP contribution is -2.25. The Balaban J connectivity index is 1.28. The second-order valence-electron chi connectivity index (χ2n) is 8.85. The molecule has 0 saturated heterocycles. The van der Waals surface area contributed by atoms with E-state index < -0.39 is 0 Å². The Labute approximate surface area is 205 Å². The van der Waals surface area contributed by atoms with Crippen molar-refractivity contribution in [2.24, 2.45) is 0 Å². The van der Waals surface area contributed by atoms with Crippen LogP contribution in [0.15, 0.2) is 84.9 Å². The van der Waals surface area contributed by atoms with Crippen LogP contribution in [-0.2, 0) is 13.1 Å². The Bertz CT molecular complexity index is 1500. The molecule has 1 N–H and O–H groups in total. The van der Waals surface area contributed by atoms with E-state index in [1.165, 1.54) is 5.39 Å². The number of ether oxygens (including phenoxy) is 1. The predicted molar refractivity (Wildman–Crippen MR) is 141 cm³/mol. The van der Waals surface area contributed by atoms with Crippen molar-refractivity contribution in [2.75, 3.05) is 6.61 Å². The number of hydrogen-bond acceptors (Lipinski definition) is 3. The molecule has 1 aromatic heterocycles. The molecule has 5 heteroatoms. The van der Waals surface area contributed by atoms with Crippen LogP contribution in [0.1, 0.15) is 33.7 Å². The Morgan fingerprint density at radius 2 is 1.74 bits per heavy atom. The number of aryl methyl sites for hydroxylation is 3. The molecule has 0 unspecified atom stereocenters. The molecule has 0 saturated carbocycles. The van der Waals surface area contributed by atoms with Crippen molar-refractivity contribution in [2.45, 2.75) is 33.4 Å². The van der Waals surface area contributed by atoms with Gasteiger partial charge in [-0.3, -0.25) is 4.79 Å². The second-order valence-corrected chi connectivity index (χ2v) is 8.85. The largest absolute Gasteiger partial charge is 0.493 e. The van der Waals surface area contributed by atoms with Gasteiger partial charge in [-0.1, -0.05) is 66.2 Å². The molecule has 5 rings (SSSR count). The van der Waals surface area contributed by atoms with Gasteiger partial charge in [-0.05, 0) is 55.5 Å². The summed E-state index contributed by atoms with van der Waals surface area (Å²) in [7, 11) is 0. The van der Waals surface area contributed by atoms with Gasteiger partial charge >= 0.3 is 0 Å². The summed E-state index contributed by atoms with van der Waals surface area (Å²) < 4.78 is 8.33. The molecule has 176 valence electrons. The first kappa shape index (κ1) is 22.7. The van der Waals surface area contributed by atoms with Crippen LogP contribution in [0.5, 0.6) is 5.75 Å². The van der Waals surface area contributed by atoms with Crippen molar-refractivity contribution in [3.63, 3.8) is 0 Å². The van der Waals surface area contributed by atoms with E-state index in [0.29, 0.717) is 18.7 Å². The van der Waals surface area contributed by atoms with E-state index in [4.69, 9.17) is 9.72 Å². The molecule has 0 spiro atoms. The second kappa shape index (κ2) is 10.0. The number of carbonyl (C=O) groups excluding carboxylic acids is 1.